The van der Waals surface area contributed by atoms with Crippen LogP contribution < -0.4 is 16.4 Å². The van der Waals surface area contributed by atoms with Gasteiger partial charge in [-0.2, -0.15) is 5.10 Å². The minimum atomic E-state index is -3.80. The zero-order valence-corrected chi connectivity index (χ0v) is 14.8. The molecule has 3 aromatic rings. The number of aromatic hydroxyl groups is 1. The fourth-order valence-electron chi connectivity index (χ4n) is 2.56. The van der Waals surface area contributed by atoms with Crippen molar-refractivity contribution in [3.63, 3.8) is 0 Å². The Bertz CT molecular complexity index is 1400. The SMILES string of the molecule is [C-]#[N+]c1c(S(C)(=O)=O)nc2c(=Cc3[nH]c(=O)[nH]c3O)cnn2c1=NC1CC1. The smallest absolute Gasteiger partial charge is 0.326 e. The van der Waals surface area contributed by atoms with Crippen molar-refractivity contribution in [3.8, 4) is 5.88 Å². The maximum Gasteiger partial charge on any atom is 0.326 e. The number of nitrogens with zero attached hydrogens (tertiary/aromatic N) is 5. The molecule has 0 aromatic carbocycles. The summed E-state index contributed by atoms with van der Waals surface area (Å²) in [6.07, 6.45) is 5.46. The molecule has 0 bridgehead atoms. The average Bonchev–Trinajstić information content (AvgIpc) is 3.23. The molecule has 4 rings (SSSR count). The molecule has 138 valence electrons. The third kappa shape index (κ3) is 2.97. The van der Waals surface area contributed by atoms with E-state index in [9.17, 15) is 18.3 Å². The topological polar surface area (TPSA) is 150 Å². The summed E-state index contributed by atoms with van der Waals surface area (Å²) in [5, 5.41) is 13.9. The van der Waals surface area contributed by atoms with Gasteiger partial charge in [-0.3, -0.25) is 9.98 Å². The molecule has 3 N–H and O–H groups in total. The van der Waals surface area contributed by atoms with Crippen LogP contribution in [-0.4, -0.2) is 50.4 Å². The molecule has 0 spiro atoms. The third-order valence-electron chi connectivity index (χ3n) is 3.94. The molecule has 1 saturated carbocycles. The summed E-state index contributed by atoms with van der Waals surface area (Å²) >= 11 is 0. The number of nitrogens with one attached hydrogen (secondary N) is 2. The molecule has 1 fully saturated rings. The highest BCUT2D eigenvalue weighted by atomic mass is 32.2. The second kappa shape index (κ2) is 5.78. The van der Waals surface area contributed by atoms with E-state index in [2.05, 4.69) is 29.9 Å². The molecule has 3 aromatic heterocycles. The normalized spacial score (nSPS) is 16.1. The minimum Gasteiger partial charge on any atom is -0.493 e. The van der Waals surface area contributed by atoms with Crippen LogP contribution in [-0.2, 0) is 9.84 Å². The average molecular weight is 387 g/mol. The molecule has 3 heterocycles. The zero-order valence-electron chi connectivity index (χ0n) is 14.0. The quantitative estimate of drug-likeness (QED) is 0.388. The first-order chi connectivity index (χ1) is 12.8. The lowest BCUT2D eigenvalue weighted by atomic mass is 10.3. The number of rotatable bonds is 3. The largest absolute Gasteiger partial charge is 0.493 e. The highest BCUT2D eigenvalue weighted by Crippen LogP contribution is 2.24. The molecule has 11 nitrogen and oxygen atoms in total. The van der Waals surface area contributed by atoms with Gasteiger partial charge in [-0.1, -0.05) is 0 Å². The monoisotopic (exact) mass is 387 g/mol. The molecule has 0 amide bonds. The van der Waals surface area contributed by atoms with Crippen LogP contribution in [0.3, 0.4) is 0 Å². The number of hydrogen-bond acceptors (Lipinski definition) is 7. The highest BCUT2D eigenvalue weighted by molar-refractivity contribution is 7.90. The van der Waals surface area contributed by atoms with E-state index in [4.69, 9.17) is 6.57 Å². The van der Waals surface area contributed by atoms with E-state index in [0.717, 1.165) is 19.1 Å². The van der Waals surface area contributed by atoms with E-state index >= 15 is 0 Å². The first kappa shape index (κ1) is 17.0. The van der Waals surface area contributed by atoms with Crippen LogP contribution in [0, 0.1) is 6.57 Å². The number of sulfone groups is 1. The van der Waals surface area contributed by atoms with Crippen molar-refractivity contribution in [2.45, 2.75) is 23.9 Å². The third-order valence-corrected chi connectivity index (χ3v) is 4.93. The van der Waals surface area contributed by atoms with Gasteiger partial charge in [0.1, 0.15) is 5.69 Å². The van der Waals surface area contributed by atoms with Crippen molar-refractivity contribution >= 4 is 27.2 Å². The first-order valence-corrected chi connectivity index (χ1v) is 9.73. The number of aromatic amines is 2. The molecule has 0 atom stereocenters. The standard InChI is InChI=1S/C15H13N7O4S/c1-16-10-12(18-8-3-4-8)22-11(20-14(10)27(2,25)26)7(6-17-22)5-9-13(23)21-15(24)19-9/h5-6,8,23H,3-4H2,2H3,(H2,19,21,24). The molecule has 0 unspecified atom stereocenters. The minimum absolute atomic E-state index is 0.0187. The van der Waals surface area contributed by atoms with E-state index in [-0.39, 0.29) is 39.5 Å². The maximum atomic E-state index is 12.2. The van der Waals surface area contributed by atoms with E-state index < -0.39 is 15.5 Å². The summed E-state index contributed by atoms with van der Waals surface area (Å²) in [7, 11) is -3.80. The van der Waals surface area contributed by atoms with Crippen molar-refractivity contribution in [2.75, 3.05) is 6.26 Å². The van der Waals surface area contributed by atoms with Crippen LogP contribution in [0.15, 0.2) is 21.0 Å². The Morgan fingerprint density at radius 1 is 1.44 bits per heavy atom. The first-order valence-electron chi connectivity index (χ1n) is 7.84. The Hall–Kier alpha value is -3.46. The predicted octanol–water partition coefficient (Wildman–Crippen LogP) is -0.984. The number of fused-ring (bicyclic) bond motifs is 1. The second-order valence-electron chi connectivity index (χ2n) is 6.15. The van der Waals surface area contributed by atoms with Gasteiger partial charge in [0.05, 0.1) is 18.8 Å². The summed E-state index contributed by atoms with van der Waals surface area (Å²) in [5.41, 5.74) is -0.412. The van der Waals surface area contributed by atoms with Crippen molar-refractivity contribution < 1.29 is 13.5 Å². The second-order valence-corrected chi connectivity index (χ2v) is 8.09. The lowest BCUT2D eigenvalue weighted by molar-refractivity contribution is 0.454. The molecule has 0 radical (unpaired) electrons. The highest BCUT2D eigenvalue weighted by Gasteiger charge is 2.25. The van der Waals surface area contributed by atoms with Crippen LogP contribution >= 0.6 is 0 Å². The molecule has 27 heavy (non-hydrogen) atoms. The molecule has 0 aliphatic heterocycles. The molecule has 0 saturated heterocycles. The Balaban J connectivity index is 2.13. The Labute approximate surface area is 151 Å². The number of H-pyrrole nitrogens is 2. The summed E-state index contributed by atoms with van der Waals surface area (Å²) in [5.74, 6) is -0.372. The van der Waals surface area contributed by atoms with Gasteiger partial charge in [-0.05, 0) is 18.9 Å². The molecule has 12 heteroatoms. The van der Waals surface area contributed by atoms with Gasteiger partial charge in [0.2, 0.25) is 5.88 Å². The van der Waals surface area contributed by atoms with Gasteiger partial charge in [-0.25, -0.2) is 27.6 Å². The van der Waals surface area contributed by atoms with Crippen LogP contribution in [0.5, 0.6) is 5.88 Å². The Morgan fingerprint density at radius 2 is 2.19 bits per heavy atom. The van der Waals surface area contributed by atoms with Crippen LogP contribution in [0.1, 0.15) is 18.5 Å². The number of imidazole rings is 1. The maximum absolute atomic E-state index is 12.2. The summed E-state index contributed by atoms with van der Waals surface area (Å²) < 4.78 is 25.7. The van der Waals surface area contributed by atoms with Gasteiger partial charge >= 0.3 is 5.69 Å². The van der Waals surface area contributed by atoms with Crippen molar-refractivity contribution in [1.29, 1.82) is 0 Å². The van der Waals surface area contributed by atoms with Gasteiger partial charge in [0, 0.05) is 11.5 Å². The Morgan fingerprint density at radius 3 is 2.74 bits per heavy atom. The van der Waals surface area contributed by atoms with E-state index in [1.54, 1.807) is 0 Å². The molecular formula is C15H13N7O4S. The molecular weight excluding hydrogens is 374 g/mol. The van der Waals surface area contributed by atoms with Gasteiger partial charge in [-0.15, -0.1) is 0 Å². The van der Waals surface area contributed by atoms with Gasteiger partial charge in [0.25, 0.3) is 5.69 Å². The number of aromatic nitrogens is 5. The fraction of sp³-hybridized carbons (Fsp3) is 0.267. The summed E-state index contributed by atoms with van der Waals surface area (Å²) in [6.45, 7) is 7.40. The summed E-state index contributed by atoms with van der Waals surface area (Å²) in [4.78, 5) is 27.8. The van der Waals surface area contributed by atoms with Crippen molar-refractivity contribution in [3.05, 3.63) is 44.5 Å². The Kier molecular flexibility index (Phi) is 3.63. The van der Waals surface area contributed by atoms with Gasteiger partial charge < -0.3 is 10.1 Å². The zero-order chi connectivity index (χ0) is 19.3. The van der Waals surface area contributed by atoms with E-state index in [1.165, 1.54) is 16.8 Å². The van der Waals surface area contributed by atoms with Crippen LogP contribution in [0.25, 0.3) is 16.6 Å². The molecule has 1 aliphatic rings. The van der Waals surface area contributed by atoms with Crippen molar-refractivity contribution in [1.82, 2.24) is 24.6 Å². The number of hydrogen-bond donors (Lipinski definition) is 3. The van der Waals surface area contributed by atoms with Crippen LogP contribution in [0.4, 0.5) is 5.69 Å². The summed E-state index contributed by atoms with van der Waals surface area (Å²) in [6, 6.07) is 0.0187. The fourth-order valence-corrected chi connectivity index (χ4v) is 3.31. The lowest BCUT2D eigenvalue weighted by Crippen LogP contribution is -2.22. The van der Waals surface area contributed by atoms with E-state index in [1.807, 2.05) is 0 Å². The lowest BCUT2D eigenvalue weighted by Gasteiger charge is -2.04. The predicted molar refractivity (Wildman–Crippen MR) is 92.8 cm³/mol. The van der Waals surface area contributed by atoms with Gasteiger partial charge in [0.15, 0.2) is 26.0 Å². The molecule has 1 aliphatic carbocycles. The van der Waals surface area contributed by atoms with E-state index in [0.29, 0.717) is 5.22 Å². The van der Waals surface area contributed by atoms with Crippen molar-refractivity contribution in [2.24, 2.45) is 4.99 Å². The van der Waals surface area contributed by atoms with Crippen LogP contribution in [0.2, 0.25) is 0 Å².